The van der Waals surface area contributed by atoms with Gasteiger partial charge >= 0.3 is 26.2 Å². The van der Waals surface area contributed by atoms with Gasteiger partial charge in [0.05, 0.1) is 0 Å². The molecule has 0 saturated heterocycles. The zero-order valence-electron chi connectivity index (χ0n) is 14.4. The van der Waals surface area contributed by atoms with Crippen LogP contribution in [0.15, 0.2) is 65.8 Å². The van der Waals surface area contributed by atoms with Gasteiger partial charge in [0.1, 0.15) is 12.7 Å². The summed E-state index contributed by atoms with van der Waals surface area (Å²) in [6.07, 6.45) is 7.56. The van der Waals surface area contributed by atoms with Crippen molar-refractivity contribution in [3.05, 3.63) is 71.8 Å². The normalized spacial score (nSPS) is 12.4. The largest absolute Gasteiger partial charge is 4.00 e. The molecule has 0 atom stereocenters. The second kappa shape index (κ2) is 10.8. The molecule has 0 N–H and O–H groups in total. The summed E-state index contributed by atoms with van der Waals surface area (Å²) < 4.78 is 1.76. The summed E-state index contributed by atoms with van der Waals surface area (Å²) in [5.41, 5.74) is 5.30. The first-order chi connectivity index (χ1) is 10.6. The molecule has 0 spiro atoms. The maximum atomic E-state index is 4.09. The summed E-state index contributed by atoms with van der Waals surface area (Å²) in [5.74, 6) is 0. The van der Waals surface area contributed by atoms with Gasteiger partial charge in [-0.3, -0.25) is 6.08 Å². The molecule has 4 rings (SSSR count). The minimum atomic E-state index is 0. The SMILES string of the molecule is CC1=[C-]CC(C)=C1C.[Cl-].[Cl-].[Zr+4].c1ccc2[cH-]c(-n3cncn3)cc2c1. The molecule has 0 unspecified atom stereocenters. The molecule has 3 nitrogen and oxygen atoms in total. The van der Waals surface area contributed by atoms with Gasteiger partial charge in [-0.15, -0.1) is 54.4 Å². The van der Waals surface area contributed by atoms with Crippen molar-refractivity contribution in [2.24, 2.45) is 0 Å². The molecule has 1 heterocycles. The van der Waals surface area contributed by atoms with Crippen LogP contribution in [-0.4, -0.2) is 14.8 Å². The number of allylic oxidation sites excluding steroid dienone is 4. The van der Waals surface area contributed by atoms with E-state index in [0.29, 0.717) is 0 Å². The zero-order valence-corrected chi connectivity index (χ0v) is 18.4. The number of hydrogen-bond acceptors (Lipinski definition) is 2. The van der Waals surface area contributed by atoms with E-state index in [2.05, 4.69) is 61.2 Å². The summed E-state index contributed by atoms with van der Waals surface area (Å²) in [6.45, 7) is 6.44. The summed E-state index contributed by atoms with van der Waals surface area (Å²) in [6, 6.07) is 12.5. The first-order valence-electron chi connectivity index (χ1n) is 7.40. The van der Waals surface area contributed by atoms with Gasteiger partial charge in [-0.25, -0.2) is 15.2 Å². The maximum Gasteiger partial charge on any atom is 4.00 e. The van der Waals surface area contributed by atoms with Crippen molar-refractivity contribution in [1.82, 2.24) is 14.8 Å². The Morgan fingerprint density at radius 2 is 1.84 bits per heavy atom. The summed E-state index contributed by atoms with van der Waals surface area (Å²) in [4.78, 5) is 3.92. The number of aromatic nitrogens is 3. The van der Waals surface area contributed by atoms with Crippen molar-refractivity contribution in [3.8, 4) is 5.69 Å². The number of fused-ring (bicyclic) bond motifs is 1. The molecule has 128 valence electrons. The van der Waals surface area contributed by atoms with Crippen molar-refractivity contribution < 1.29 is 51.0 Å². The first kappa shape index (κ1) is 23.9. The Hall–Kier alpha value is -1.09. The summed E-state index contributed by atoms with van der Waals surface area (Å²) in [7, 11) is 0. The molecule has 3 aromatic rings. The van der Waals surface area contributed by atoms with Crippen LogP contribution in [0.25, 0.3) is 16.5 Å². The molecule has 6 heteroatoms. The molecular weight excluding hydrogens is 432 g/mol. The number of halogens is 2. The smallest absolute Gasteiger partial charge is 1.00 e. The second-order valence-electron chi connectivity index (χ2n) is 5.57. The van der Waals surface area contributed by atoms with E-state index in [-0.39, 0.29) is 51.0 Å². The molecule has 25 heavy (non-hydrogen) atoms. The third kappa shape index (κ3) is 5.70. The fourth-order valence-corrected chi connectivity index (χ4v) is 2.46. The van der Waals surface area contributed by atoms with Gasteiger partial charge in [0.25, 0.3) is 0 Å². The van der Waals surface area contributed by atoms with Crippen LogP contribution in [0.4, 0.5) is 0 Å². The average Bonchev–Trinajstić information content (AvgIpc) is 3.24. The fourth-order valence-electron chi connectivity index (χ4n) is 2.46. The number of nitrogens with zero attached hydrogens (tertiary/aromatic N) is 3. The Morgan fingerprint density at radius 3 is 2.32 bits per heavy atom. The summed E-state index contributed by atoms with van der Waals surface area (Å²) >= 11 is 0. The van der Waals surface area contributed by atoms with Gasteiger partial charge in [0, 0.05) is 0 Å². The fraction of sp³-hybridized carbons (Fsp3) is 0.211. The summed E-state index contributed by atoms with van der Waals surface area (Å²) in [5, 5.41) is 6.56. The Morgan fingerprint density at radius 1 is 1.12 bits per heavy atom. The van der Waals surface area contributed by atoms with Crippen LogP contribution in [0, 0.1) is 6.08 Å². The van der Waals surface area contributed by atoms with E-state index in [0.717, 1.165) is 12.1 Å². The van der Waals surface area contributed by atoms with Crippen molar-refractivity contribution in [3.63, 3.8) is 0 Å². The molecule has 1 aliphatic carbocycles. The van der Waals surface area contributed by atoms with Crippen LogP contribution >= 0.6 is 0 Å². The molecule has 1 aromatic heterocycles. The first-order valence-corrected chi connectivity index (χ1v) is 7.40. The maximum absolute atomic E-state index is 4.09. The number of rotatable bonds is 1. The predicted octanol–water partition coefficient (Wildman–Crippen LogP) is -1.38. The molecule has 0 aliphatic heterocycles. The standard InChI is InChI=1S/C11H8N3.C8H11.2ClH.Zr/c1-2-4-10-6-11(5-9(10)3-1)14-8-12-7-13-14;1-6-4-5-7(2)8(6)3;;;/h1-8H;4H2,1-3H3;2*1H;/q2*-1;;;+4/p-2. The molecule has 1 aliphatic rings. The van der Waals surface area contributed by atoms with Crippen molar-refractivity contribution in [2.75, 3.05) is 0 Å². The quantitative estimate of drug-likeness (QED) is 0.427. The van der Waals surface area contributed by atoms with Crippen LogP contribution in [0.1, 0.15) is 27.2 Å². The monoisotopic (exact) mass is 449 g/mol. The van der Waals surface area contributed by atoms with E-state index >= 15 is 0 Å². The molecule has 0 fully saturated rings. The van der Waals surface area contributed by atoms with Crippen LogP contribution in [0.2, 0.25) is 0 Å². The van der Waals surface area contributed by atoms with Crippen LogP contribution in [-0.2, 0) is 26.2 Å². The van der Waals surface area contributed by atoms with E-state index in [9.17, 15) is 0 Å². The van der Waals surface area contributed by atoms with Crippen molar-refractivity contribution >= 4 is 10.8 Å². The molecule has 2 aromatic carbocycles. The molecule has 0 bridgehead atoms. The Bertz CT molecular complexity index is 810. The number of hydrogen-bond donors (Lipinski definition) is 0. The van der Waals surface area contributed by atoms with E-state index in [4.69, 9.17) is 0 Å². The van der Waals surface area contributed by atoms with Gasteiger partial charge < -0.3 is 24.8 Å². The third-order valence-corrected chi connectivity index (χ3v) is 4.11. The zero-order chi connectivity index (χ0) is 15.5. The van der Waals surface area contributed by atoms with Crippen LogP contribution in [0.3, 0.4) is 0 Å². The van der Waals surface area contributed by atoms with Crippen LogP contribution < -0.4 is 24.8 Å². The molecule has 0 saturated carbocycles. The minimum absolute atomic E-state index is 0. The minimum Gasteiger partial charge on any atom is -1.00 e. The van der Waals surface area contributed by atoms with Gasteiger partial charge in [-0.05, 0) is 5.69 Å². The molecule has 0 radical (unpaired) electrons. The van der Waals surface area contributed by atoms with Crippen molar-refractivity contribution in [2.45, 2.75) is 27.2 Å². The van der Waals surface area contributed by atoms with E-state index in [1.807, 2.05) is 12.1 Å². The van der Waals surface area contributed by atoms with Crippen LogP contribution in [0.5, 0.6) is 0 Å². The van der Waals surface area contributed by atoms with Gasteiger partial charge in [0.15, 0.2) is 0 Å². The predicted molar refractivity (Wildman–Crippen MR) is 89.9 cm³/mol. The van der Waals surface area contributed by atoms with E-state index < -0.39 is 0 Å². The third-order valence-electron chi connectivity index (χ3n) is 4.11. The van der Waals surface area contributed by atoms with E-state index in [1.54, 1.807) is 11.0 Å². The Balaban J connectivity index is 0.000000462. The average molecular weight is 452 g/mol. The van der Waals surface area contributed by atoms with E-state index in [1.165, 1.54) is 33.8 Å². The topological polar surface area (TPSA) is 30.7 Å². The second-order valence-corrected chi connectivity index (χ2v) is 5.57. The molecule has 0 amide bonds. The van der Waals surface area contributed by atoms with Gasteiger partial charge in [-0.1, -0.05) is 19.9 Å². The van der Waals surface area contributed by atoms with Crippen molar-refractivity contribution in [1.29, 1.82) is 0 Å². The Kier molecular flexibility index (Phi) is 10.3. The van der Waals surface area contributed by atoms with Gasteiger partial charge in [-0.2, -0.15) is 16.2 Å². The van der Waals surface area contributed by atoms with Gasteiger partial charge in [0.2, 0.25) is 0 Å². The Labute approximate surface area is 180 Å². The molecular formula is C19H19Cl2N3Zr. The number of benzene rings is 1.